The van der Waals surface area contributed by atoms with Crippen molar-refractivity contribution in [3.05, 3.63) is 0 Å². The van der Waals surface area contributed by atoms with Gasteiger partial charge < -0.3 is 10.5 Å². The minimum Gasteiger partial charge on any atom is -0.444 e. The summed E-state index contributed by atoms with van der Waals surface area (Å²) in [6.07, 6.45) is 5.89. The van der Waals surface area contributed by atoms with Gasteiger partial charge in [0.15, 0.2) is 0 Å². The zero-order valence-corrected chi connectivity index (χ0v) is 12.2. The fraction of sp³-hybridized carbons (Fsp3) is 0.857. The molecule has 1 saturated carbocycles. The number of amides is 2. The summed E-state index contributed by atoms with van der Waals surface area (Å²) in [5.74, 6) is 0.0629. The molecule has 0 aromatic rings. The Bertz CT molecular complexity index is 317. The highest BCUT2D eigenvalue weighted by atomic mass is 16.6. The van der Waals surface area contributed by atoms with Crippen LogP contribution in [0.1, 0.15) is 59.3 Å². The minimum atomic E-state index is -0.725. The van der Waals surface area contributed by atoms with E-state index in [-0.39, 0.29) is 0 Å². The lowest BCUT2D eigenvalue weighted by molar-refractivity contribution is -0.122. The molecule has 0 aromatic heterocycles. The third-order valence-electron chi connectivity index (χ3n) is 3.27. The predicted molar refractivity (Wildman–Crippen MR) is 73.5 cm³/mol. The highest BCUT2D eigenvalue weighted by Crippen LogP contribution is 2.26. The van der Waals surface area contributed by atoms with E-state index in [9.17, 15) is 9.59 Å². The highest BCUT2D eigenvalue weighted by Gasteiger charge is 2.24. The third kappa shape index (κ3) is 6.57. The Morgan fingerprint density at radius 3 is 2.37 bits per heavy atom. The van der Waals surface area contributed by atoms with Crippen molar-refractivity contribution < 1.29 is 14.3 Å². The summed E-state index contributed by atoms with van der Waals surface area (Å²) in [4.78, 5) is 23.2. The fourth-order valence-electron chi connectivity index (χ4n) is 2.39. The van der Waals surface area contributed by atoms with Gasteiger partial charge in [0.05, 0.1) is 6.04 Å². The third-order valence-corrected chi connectivity index (χ3v) is 3.27. The minimum absolute atomic E-state index is 0.445. The van der Waals surface area contributed by atoms with Gasteiger partial charge in [0.1, 0.15) is 5.60 Å². The van der Waals surface area contributed by atoms with Crippen molar-refractivity contribution in [2.24, 2.45) is 11.7 Å². The van der Waals surface area contributed by atoms with Crippen molar-refractivity contribution in [1.29, 1.82) is 0 Å². The number of carbonyl (C=O) groups is 2. The summed E-state index contributed by atoms with van der Waals surface area (Å²) < 4.78 is 5.02. The maximum atomic E-state index is 11.8. The van der Waals surface area contributed by atoms with E-state index < -0.39 is 23.6 Å². The first-order chi connectivity index (χ1) is 8.78. The van der Waals surface area contributed by atoms with Gasteiger partial charge >= 0.3 is 6.09 Å². The van der Waals surface area contributed by atoms with E-state index in [0.29, 0.717) is 12.3 Å². The Labute approximate surface area is 115 Å². The Hall–Kier alpha value is -1.10. The maximum Gasteiger partial charge on any atom is 0.414 e. The summed E-state index contributed by atoms with van der Waals surface area (Å²) in [7, 11) is 0. The van der Waals surface area contributed by atoms with Crippen molar-refractivity contribution in [2.45, 2.75) is 70.9 Å². The molecule has 1 unspecified atom stereocenters. The topological polar surface area (TPSA) is 81.4 Å². The predicted octanol–water partition coefficient (Wildman–Crippen LogP) is 2.34. The standard InChI is InChI=1S/C14H26N2O3/c1-14(2,3)19-13(18)16-12(17)11(15)9-10-7-5-4-6-8-10/h10-11H,4-9,15H2,1-3H3,(H,16,17,18). The van der Waals surface area contributed by atoms with Gasteiger partial charge in [-0.15, -0.1) is 0 Å². The average Bonchev–Trinajstić information content (AvgIpc) is 2.27. The second-order valence-electron chi connectivity index (χ2n) is 6.34. The van der Waals surface area contributed by atoms with Gasteiger partial charge in [0, 0.05) is 0 Å². The Balaban J connectivity index is 2.33. The van der Waals surface area contributed by atoms with Gasteiger partial charge in [0.2, 0.25) is 5.91 Å². The van der Waals surface area contributed by atoms with E-state index >= 15 is 0 Å². The average molecular weight is 270 g/mol. The molecule has 1 atom stereocenters. The number of nitrogens with two attached hydrogens (primary N) is 1. The van der Waals surface area contributed by atoms with E-state index in [1.165, 1.54) is 19.3 Å². The molecular formula is C14H26N2O3. The number of carbonyl (C=O) groups excluding carboxylic acids is 2. The second-order valence-corrected chi connectivity index (χ2v) is 6.34. The van der Waals surface area contributed by atoms with Crippen LogP contribution in [0.15, 0.2) is 0 Å². The second kappa shape index (κ2) is 6.89. The lowest BCUT2D eigenvalue weighted by Crippen LogP contribution is -2.46. The van der Waals surface area contributed by atoms with Crippen LogP contribution >= 0.6 is 0 Å². The molecular weight excluding hydrogens is 244 g/mol. The highest BCUT2D eigenvalue weighted by molar-refractivity contribution is 5.94. The molecule has 0 aromatic carbocycles. The first-order valence-electron chi connectivity index (χ1n) is 7.07. The number of ether oxygens (including phenoxy) is 1. The van der Waals surface area contributed by atoms with E-state index in [1.54, 1.807) is 20.8 Å². The molecule has 1 aliphatic carbocycles. The van der Waals surface area contributed by atoms with Crippen LogP contribution in [0.25, 0.3) is 0 Å². The van der Waals surface area contributed by atoms with Gasteiger partial charge in [-0.3, -0.25) is 10.1 Å². The SMILES string of the molecule is CC(C)(C)OC(=O)NC(=O)C(N)CC1CCCCC1. The molecule has 5 heteroatoms. The molecule has 1 aliphatic rings. The lowest BCUT2D eigenvalue weighted by Gasteiger charge is -2.24. The van der Waals surface area contributed by atoms with Crippen LogP contribution in [0, 0.1) is 5.92 Å². The molecule has 0 spiro atoms. The Kier molecular flexibility index (Phi) is 5.79. The first kappa shape index (κ1) is 16.0. The molecule has 0 radical (unpaired) electrons. The largest absolute Gasteiger partial charge is 0.444 e. The van der Waals surface area contributed by atoms with Crippen LogP contribution in [0.2, 0.25) is 0 Å². The Morgan fingerprint density at radius 1 is 1.26 bits per heavy atom. The van der Waals surface area contributed by atoms with Crippen molar-refractivity contribution in [3.8, 4) is 0 Å². The molecule has 1 fully saturated rings. The quantitative estimate of drug-likeness (QED) is 0.824. The maximum absolute atomic E-state index is 11.8. The summed E-state index contributed by atoms with van der Waals surface area (Å²) in [5.41, 5.74) is 5.23. The van der Waals surface area contributed by atoms with Crippen LogP contribution < -0.4 is 11.1 Å². The van der Waals surface area contributed by atoms with E-state index in [2.05, 4.69) is 5.32 Å². The molecule has 0 heterocycles. The lowest BCUT2D eigenvalue weighted by atomic mass is 9.85. The molecule has 3 N–H and O–H groups in total. The number of imide groups is 1. The van der Waals surface area contributed by atoms with E-state index in [4.69, 9.17) is 10.5 Å². The van der Waals surface area contributed by atoms with Crippen molar-refractivity contribution in [2.75, 3.05) is 0 Å². The summed E-state index contributed by atoms with van der Waals surface area (Å²) >= 11 is 0. The van der Waals surface area contributed by atoms with Crippen molar-refractivity contribution in [3.63, 3.8) is 0 Å². The van der Waals surface area contributed by atoms with Crippen LogP contribution in [0.4, 0.5) is 4.79 Å². The zero-order chi connectivity index (χ0) is 14.5. The molecule has 110 valence electrons. The summed E-state index contributed by atoms with van der Waals surface area (Å²) in [5, 5.41) is 2.20. The van der Waals surface area contributed by atoms with Gasteiger partial charge in [0.25, 0.3) is 0 Å². The fourth-order valence-corrected chi connectivity index (χ4v) is 2.39. The molecule has 0 bridgehead atoms. The number of hydrogen-bond acceptors (Lipinski definition) is 4. The van der Waals surface area contributed by atoms with Crippen molar-refractivity contribution >= 4 is 12.0 Å². The zero-order valence-electron chi connectivity index (χ0n) is 12.2. The van der Waals surface area contributed by atoms with Gasteiger partial charge in [-0.1, -0.05) is 32.1 Å². The number of hydrogen-bond donors (Lipinski definition) is 2. The molecule has 0 aliphatic heterocycles. The van der Waals surface area contributed by atoms with Gasteiger partial charge in [-0.25, -0.2) is 4.79 Å². The molecule has 5 nitrogen and oxygen atoms in total. The normalized spacial score (nSPS) is 18.7. The number of nitrogens with one attached hydrogen (secondary N) is 1. The summed E-state index contributed by atoms with van der Waals surface area (Å²) in [6, 6.07) is -0.629. The molecule has 0 saturated heterocycles. The number of rotatable bonds is 3. The van der Waals surface area contributed by atoms with Gasteiger partial charge in [-0.05, 0) is 33.1 Å². The van der Waals surface area contributed by atoms with Crippen molar-refractivity contribution in [1.82, 2.24) is 5.32 Å². The Morgan fingerprint density at radius 2 is 1.84 bits per heavy atom. The molecule has 1 rings (SSSR count). The smallest absolute Gasteiger partial charge is 0.414 e. The van der Waals surface area contributed by atoms with Crippen LogP contribution in [-0.2, 0) is 9.53 Å². The van der Waals surface area contributed by atoms with Crippen LogP contribution in [-0.4, -0.2) is 23.6 Å². The summed E-state index contributed by atoms with van der Waals surface area (Å²) in [6.45, 7) is 5.25. The first-order valence-corrected chi connectivity index (χ1v) is 7.07. The van der Waals surface area contributed by atoms with Gasteiger partial charge in [-0.2, -0.15) is 0 Å². The van der Waals surface area contributed by atoms with E-state index in [1.807, 2.05) is 0 Å². The van der Waals surface area contributed by atoms with E-state index in [0.717, 1.165) is 12.8 Å². The molecule has 2 amide bonds. The van der Waals surface area contributed by atoms with Crippen LogP contribution in [0.3, 0.4) is 0 Å². The number of alkyl carbamates (subject to hydrolysis) is 1. The van der Waals surface area contributed by atoms with Crippen LogP contribution in [0.5, 0.6) is 0 Å². The monoisotopic (exact) mass is 270 g/mol. The molecule has 19 heavy (non-hydrogen) atoms.